The zero-order valence-electron chi connectivity index (χ0n) is 12.3. The van der Waals surface area contributed by atoms with Crippen LogP contribution in [0, 0.1) is 0 Å². The number of amides is 1. The van der Waals surface area contributed by atoms with Gasteiger partial charge in [0.25, 0.3) is 5.91 Å². The minimum Gasteiger partial charge on any atom is -0.481 e. The third-order valence-electron chi connectivity index (χ3n) is 3.59. The molecule has 0 aromatic carbocycles. The van der Waals surface area contributed by atoms with Crippen LogP contribution < -0.4 is 0 Å². The molecule has 3 rings (SSSR count). The van der Waals surface area contributed by atoms with Gasteiger partial charge < -0.3 is 14.7 Å². The molecule has 1 saturated heterocycles. The van der Waals surface area contributed by atoms with Crippen molar-refractivity contribution in [3.05, 3.63) is 42.4 Å². The van der Waals surface area contributed by atoms with E-state index in [1.54, 1.807) is 41.3 Å². The number of pyridine rings is 1. The van der Waals surface area contributed by atoms with Crippen molar-refractivity contribution in [3.8, 4) is 5.82 Å². The van der Waals surface area contributed by atoms with E-state index in [0.29, 0.717) is 19.0 Å². The number of hydrogen-bond donors (Lipinski definition) is 1. The first-order chi connectivity index (χ1) is 11.1. The van der Waals surface area contributed by atoms with Crippen LogP contribution in [-0.2, 0) is 9.53 Å². The second-order valence-corrected chi connectivity index (χ2v) is 5.16. The van der Waals surface area contributed by atoms with Crippen LogP contribution in [0.1, 0.15) is 16.9 Å². The largest absolute Gasteiger partial charge is 0.481 e. The predicted molar refractivity (Wildman–Crippen MR) is 79.3 cm³/mol. The Kier molecular flexibility index (Phi) is 4.33. The van der Waals surface area contributed by atoms with Gasteiger partial charge in [-0.05, 0) is 18.2 Å². The molecule has 2 aromatic heterocycles. The summed E-state index contributed by atoms with van der Waals surface area (Å²) in [5.74, 6) is -0.728. The maximum atomic E-state index is 12.7. The molecule has 8 heteroatoms. The van der Waals surface area contributed by atoms with Crippen molar-refractivity contribution >= 4 is 11.9 Å². The molecule has 120 valence electrons. The number of rotatable bonds is 4. The van der Waals surface area contributed by atoms with Crippen LogP contribution in [0.25, 0.3) is 5.82 Å². The molecule has 0 spiro atoms. The minimum atomic E-state index is -0.962. The molecule has 3 heterocycles. The Morgan fingerprint density at radius 2 is 2.22 bits per heavy atom. The number of carboxylic acids is 1. The molecule has 23 heavy (non-hydrogen) atoms. The maximum absolute atomic E-state index is 12.7. The number of carbonyl (C=O) groups is 2. The zero-order valence-corrected chi connectivity index (χ0v) is 12.3. The number of aromatic nitrogens is 3. The number of ether oxygens (including phenoxy) is 1. The average molecular weight is 316 g/mol. The quantitative estimate of drug-likeness (QED) is 0.886. The van der Waals surface area contributed by atoms with Gasteiger partial charge in [-0.15, -0.1) is 0 Å². The fraction of sp³-hybridized carbons (Fsp3) is 0.333. The first-order valence-corrected chi connectivity index (χ1v) is 7.23. The Morgan fingerprint density at radius 3 is 2.96 bits per heavy atom. The molecule has 1 atom stereocenters. The summed E-state index contributed by atoms with van der Waals surface area (Å²) in [5, 5.41) is 13.1. The fourth-order valence-corrected chi connectivity index (χ4v) is 2.51. The van der Waals surface area contributed by atoms with E-state index in [-0.39, 0.29) is 24.6 Å². The third-order valence-corrected chi connectivity index (χ3v) is 3.59. The molecule has 1 N–H and O–H groups in total. The predicted octanol–water partition coefficient (Wildman–Crippen LogP) is 0.583. The molecule has 1 aliphatic heterocycles. The van der Waals surface area contributed by atoms with Crippen LogP contribution in [0.3, 0.4) is 0 Å². The first kappa shape index (κ1) is 15.2. The number of carboxylic acid groups (broad SMARTS) is 1. The zero-order chi connectivity index (χ0) is 16.2. The smallest absolute Gasteiger partial charge is 0.305 e. The molecule has 0 aliphatic carbocycles. The molecule has 1 amide bonds. The normalized spacial score (nSPS) is 17.9. The summed E-state index contributed by atoms with van der Waals surface area (Å²) in [4.78, 5) is 29.5. The van der Waals surface area contributed by atoms with E-state index in [0.717, 1.165) is 0 Å². The van der Waals surface area contributed by atoms with Crippen molar-refractivity contribution in [1.29, 1.82) is 0 Å². The second-order valence-electron chi connectivity index (χ2n) is 5.16. The van der Waals surface area contributed by atoms with Crippen LogP contribution in [0.2, 0.25) is 0 Å². The molecule has 0 saturated carbocycles. The Morgan fingerprint density at radius 1 is 1.35 bits per heavy atom. The van der Waals surface area contributed by atoms with Crippen LogP contribution in [0.5, 0.6) is 0 Å². The van der Waals surface area contributed by atoms with E-state index in [1.807, 2.05) is 0 Å². The van der Waals surface area contributed by atoms with Gasteiger partial charge in [-0.3, -0.25) is 9.59 Å². The maximum Gasteiger partial charge on any atom is 0.305 e. The van der Waals surface area contributed by atoms with Crippen molar-refractivity contribution < 1.29 is 19.4 Å². The lowest BCUT2D eigenvalue weighted by Crippen LogP contribution is -2.49. The van der Waals surface area contributed by atoms with Gasteiger partial charge in [0, 0.05) is 18.9 Å². The highest BCUT2D eigenvalue weighted by molar-refractivity contribution is 5.93. The molecule has 1 fully saturated rings. The molecular formula is C15H16N4O4. The lowest BCUT2D eigenvalue weighted by molar-refractivity contribution is -0.139. The molecular weight excluding hydrogens is 300 g/mol. The summed E-state index contributed by atoms with van der Waals surface area (Å²) >= 11 is 0. The SMILES string of the molecule is O=C(O)CC1COCCN1C(=O)c1cccc(-n2cccn2)n1. The van der Waals surface area contributed by atoms with Gasteiger partial charge in [-0.2, -0.15) is 5.10 Å². The van der Waals surface area contributed by atoms with E-state index in [9.17, 15) is 9.59 Å². The Balaban J connectivity index is 1.84. The average Bonchev–Trinajstić information content (AvgIpc) is 3.09. The van der Waals surface area contributed by atoms with Crippen molar-refractivity contribution in [3.63, 3.8) is 0 Å². The second kappa shape index (κ2) is 6.57. The van der Waals surface area contributed by atoms with E-state index in [1.165, 1.54) is 4.90 Å². The van der Waals surface area contributed by atoms with Crippen molar-refractivity contribution in [2.24, 2.45) is 0 Å². The minimum absolute atomic E-state index is 0.148. The first-order valence-electron chi connectivity index (χ1n) is 7.23. The lowest BCUT2D eigenvalue weighted by atomic mass is 10.1. The van der Waals surface area contributed by atoms with Crippen molar-refractivity contribution in [2.75, 3.05) is 19.8 Å². The van der Waals surface area contributed by atoms with Crippen molar-refractivity contribution in [2.45, 2.75) is 12.5 Å². The van der Waals surface area contributed by atoms with E-state index < -0.39 is 12.0 Å². The standard InChI is InChI=1S/C15H16N4O4/c20-14(21)9-11-10-23-8-7-18(11)15(22)12-3-1-4-13(17-12)19-6-2-5-16-19/h1-6,11H,7-10H2,(H,20,21). The molecule has 1 unspecified atom stereocenters. The number of aliphatic carboxylic acids is 1. The third kappa shape index (κ3) is 3.37. The van der Waals surface area contributed by atoms with E-state index >= 15 is 0 Å². The summed E-state index contributed by atoms with van der Waals surface area (Å²) in [6.45, 7) is 0.960. The topological polar surface area (TPSA) is 97.6 Å². The highest BCUT2D eigenvalue weighted by Crippen LogP contribution is 2.15. The summed E-state index contributed by atoms with van der Waals surface area (Å²) in [7, 11) is 0. The van der Waals surface area contributed by atoms with Crippen LogP contribution in [-0.4, -0.2) is 62.4 Å². The van der Waals surface area contributed by atoms with Gasteiger partial charge in [0.15, 0.2) is 5.82 Å². The van der Waals surface area contributed by atoms with Crippen LogP contribution in [0.4, 0.5) is 0 Å². The lowest BCUT2D eigenvalue weighted by Gasteiger charge is -2.34. The Hall–Kier alpha value is -2.74. The fourth-order valence-electron chi connectivity index (χ4n) is 2.51. The van der Waals surface area contributed by atoms with E-state index in [4.69, 9.17) is 9.84 Å². The monoisotopic (exact) mass is 316 g/mol. The molecule has 2 aromatic rings. The molecule has 0 radical (unpaired) electrons. The highest BCUT2D eigenvalue weighted by atomic mass is 16.5. The van der Waals surface area contributed by atoms with Crippen molar-refractivity contribution in [1.82, 2.24) is 19.7 Å². The number of nitrogens with zero attached hydrogens (tertiary/aromatic N) is 4. The molecule has 1 aliphatic rings. The summed E-state index contributed by atoms with van der Waals surface area (Å²) in [6.07, 6.45) is 3.21. The number of hydrogen-bond acceptors (Lipinski definition) is 5. The Labute approximate surface area is 132 Å². The highest BCUT2D eigenvalue weighted by Gasteiger charge is 2.30. The molecule has 0 bridgehead atoms. The van der Waals surface area contributed by atoms with Gasteiger partial charge in [0.05, 0.1) is 25.7 Å². The Bertz CT molecular complexity index is 701. The summed E-state index contributed by atoms with van der Waals surface area (Å²) in [5.41, 5.74) is 0.260. The van der Waals surface area contributed by atoms with E-state index in [2.05, 4.69) is 10.1 Å². The van der Waals surface area contributed by atoms with Gasteiger partial charge in [-0.25, -0.2) is 9.67 Å². The summed E-state index contributed by atoms with van der Waals surface area (Å²) in [6, 6.07) is 6.37. The van der Waals surface area contributed by atoms with Crippen LogP contribution in [0.15, 0.2) is 36.7 Å². The number of morpholine rings is 1. The summed E-state index contributed by atoms with van der Waals surface area (Å²) < 4.78 is 6.85. The van der Waals surface area contributed by atoms with Gasteiger partial charge in [-0.1, -0.05) is 6.07 Å². The number of carbonyl (C=O) groups excluding carboxylic acids is 1. The van der Waals surface area contributed by atoms with Gasteiger partial charge in [0.1, 0.15) is 5.69 Å². The van der Waals surface area contributed by atoms with Crippen LogP contribution >= 0.6 is 0 Å². The van der Waals surface area contributed by atoms with Gasteiger partial charge in [0.2, 0.25) is 0 Å². The van der Waals surface area contributed by atoms with Gasteiger partial charge >= 0.3 is 5.97 Å². The molecule has 8 nitrogen and oxygen atoms in total.